The number of likely N-dealkylation sites (tertiary alicyclic amines) is 2. The summed E-state index contributed by atoms with van der Waals surface area (Å²) in [7, 11) is 0. The lowest BCUT2D eigenvalue weighted by molar-refractivity contribution is -0.149. The highest BCUT2D eigenvalue weighted by Crippen LogP contribution is 2.30. The third-order valence-corrected chi connectivity index (χ3v) is 5.32. The summed E-state index contributed by atoms with van der Waals surface area (Å²) in [6, 6.07) is -2.31. The molecule has 6 atom stereocenters. The summed E-state index contributed by atoms with van der Waals surface area (Å²) in [6.45, 7) is 2.02. The molecule has 3 rings (SSSR count). The van der Waals surface area contributed by atoms with Gasteiger partial charge in [-0.25, -0.2) is 0 Å². The minimum Gasteiger partial charge on any atom is -0.480 e. The number of aliphatic hydroxyl groups excluding tert-OH is 2. The van der Waals surface area contributed by atoms with Gasteiger partial charge in [-0.05, 0) is 12.8 Å². The van der Waals surface area contributed by atoms with Gasteiger partial charge in [-0.3, -0.25) is 19.4 Å². The lowest BCUT2D eigenvalue weighted by atomic mass is 10.0. The van der Waals surface area contributed by atoms with E-state index in [1.807, 2.05) is 0 Å². The summed E-state index contributed by atoms with van der Waals surface area (Å²) in [5.74, 6) is -2.12. The fourth-order valence-electron chi connectivity index (χ4n) is 4.28. The van der Waals surface area contributed by atoms with Crippen LogP contribution < -0.4 is 5.32 Å². The second kappa shape index (κ2) is 6.33. The molecule has 3 unspecified atom stereocenters. The Morgan fingerprint density at radius 1 is 0.826 bits per heavy atom. The maximum absolute atomic E-state index is 11.5. The molecule has 3 saturated heterocycles. The Kier molecular flexibility index (Phi) is 4.56. The zero-order valence-corrected chi connectivity index (χ0v) is 12.7. The number of rotatable bonds is 4. The molecular formula is C14H23N3O6. The van der Waals surface area contributed by atoms with Gasteiger partial charge in [0.1, 0.15) is 12.1 Å². The van der Waals surface area contributed by atoms with Crippen LogP contribution in [-0.2, 0) is 9.59 Å². The van der Waals surface area contributed by atoms with E-state index >= 15 is 0 Å². The largest absolute Gasteiger partial charge is 0.480 e. The van der Waals surface area contributed by atoms with Crippen LogP contribution in [0.15, 0.2) is 0 Å². The average Bonchev–Trinajstić information content (AvgIpc) is 3.14. The molecule has 0 spiro atoms. The van der Waals surface area contributed by atoms with E-state index in [1.54, 1.807) is 9.80 Å². The zero-order chi connectivity index (χ0) is 16.7. The van der Waals surface area contributed by atoms with Crippen LogP contribution in [0, 0.1) is 0 Å². The summed E-state index contributed by atoms with van der Waals surface area (Å²) < 4.78 is 0. The van der Waals surface area contributed by atoms with Crippen molar-refractivity contribution >= 4 is 11.9 Å². The van der Waals surface area contributed by atoms with Crippen LogP contribution in [0.1, 0.15) is 12.8 Å². The van der Waals surface area contributed by atoms with Gasteiger partial charge in [0.15, 0.2) is 0 Å². The number of hydrogen-bond donors (Lipinski definition) is 5. The number of aliphatic hydroxyl groups is 2. The summed E-state index contributed by atoms with van der Waals surface area (Å²) in [5, 5.41) is 41.8. The average molecular weight is 329 g/mol. The number of hydrogen-bond acceptors (Lipinski definition) is 7. The van der Waals surface area contributed by atoms with E-state index in [9.17, 15) is 30.0 Å². The second-order valence-corrected chi connectivity index (χ2v) is 6.55. The summed E-state index contributed by atoms with van der Waals surface area (Å²) in [5.41, 5.74) is 0. The topological polar surface area (TPSA) is 134 Å². The maximum atomic E-state index is 11.5. The van der Waals surface area contributed by atoms with Crippen molar-refractivity contribution in [3.63, 3.8) is 0 Å². The lowest BCUT2D eigenvalue weighted by Gasteiger charge is -2.38. The number of nitrogens with zero attached hydrogens (tertiary/aromatic N) is 2. The molecule has 0 aromatic rings. The molecule has 0 bridgehead atoms. The van der Waals surface area contributed by atoms with Crippen LogP contribution in [0.4, 0.5) is 0 Å². The minimum absolute atomic E-state index is 0.194. The second-order valence-electron chi connectivity index (χ2n) is 6.55. The van der Waals surface area contributed by atoms with Gasteiger partial charge in [-0.1, -0.05) is 0 Å². The number of carbonyl (C=O) groups is 2. The molecule has 5 N–H and O–H groups in total. The third kappa shape index (κ3) is 2.83. The van der Waals surface area contributed by atoms with Crippen LogP contribution in [-0.4, -0.2) is 105 Å². The van der Waals surface area contributed by atoms with Gasteiger partial charge in [-0.2, -0.15) is 0 Å². The van der Waals surface area contributed by atoms with E-state index in [-0.39, 0.29) is 12.1 Å². The number of nitrogens with one attached hydrogen (secondary N) is 1. The van der Waals surface area contributed by atoms with Gasteiger partial charge in [-0.15, -0.1) is 0 Å². The summed E-state index contributed by atoms with van der Waals surface area (Å²) in [4.78, 5) is 26.5. The Balaban J connectivity index is 1.80. The fourth-order valence-corrected chi connectivity index (χ4v) is 4.28. The smallest absolute Gasteiger partial charge is 0.323 e. The summed E-state index contributed by atoms with van der Waals surface area (Å²) in [6.07, 6.45) is -1.03. The molecule has 23 heavy (non-hydrogen) atoms. The normalized spacial score (nSPS) is 42.3. The Labute approximate surface area is 133 Å². The predicted octanol–water partition coefficient (Wildman–Crippen LogP) is -2.63. The van der Waals surface area contributed by atoms with Crippen molar-refractivity contribution in [2.45, 2.75) is 49.2 Å². The van der Waals surface area contributed by atoms with E-state index in [4.69, 9.17) is 0 Å². The number of carboxylic acid groups (broad SMARTS) is 2. The van der Waals surface area contributed by atoms with Crippen molar-refractivity contribution in [1.82, 2.24) is 15.1 Å². The van der Waals surface area contributed by atoms with Gasteiger partial charge in [0.25, 0.3) is 0 Å². The molecule has 3 fully saturated rings. The molecule has 0 aromatic carbocycles. The first-order valence-electron chi connectivity index (χ1n) is 7.95. The summed E-state index contributed by atoms with van der Waals surface area (Å²) >= 11 is 0. The molecule has 0 radical (unpaired) electrons. The molecule has 3 aliphatic heterocycles. The van der Waals surface area contributed by atoms with Crippen LogP contribution in [0.25, 0.3) is 0 Å². The van der Waals surface area contributed by atoms with E-state index in [0.29, 0.717) is 39.0 Å². The highest BCUT2D eigenvalue weighted by atomic mass is 16.4. The first-order chi connectivity index (χ1) is 10.9. The van der Waals surface area contributed by atoms with Crippen LogP contribution in [0.2, 0.25) is 0 Å². The van der Waals surface area contributed by atoms with Crippen LogP contribution in [0.5, 0.6) is 0 Å². The molecule has 130 valence electrons. The number of carboxylic acids is 2. The van der Waals surface area contributed by atoms with E-state index in [1.165, 1.54) is 0 Å². The Morgan fingerprint density at radius 3 is 1.57 bits per heavy atom. The molecule has 0 aliphatic carbocycles. The quantitative estimate of drug-likeness (QED) is 0.375. The molecule has 9 nitrogen and oxygen atoms in total. The van der Waals surface area contributed by atoms with E-state index in [2.05, 4.69) is 5.32 Å². The lowest BCUT2D eigenvalue weighted by Crippen LogP contribution is -2.58. The molecule has 0 aromatic heterocycles. The van der Waals surface area contributed by atoms with Gasteiger partial charge < -0.3 is 25.7 Å². The molecule has 0 saturated carbocycles. The molecular weight excluding hydrogens is 306 g/mol. The Hall–Kier alpha value is -1.26. The van der Waals surface area contributed by atoms with Gasteiger partial charge in [0.2, 0.25) is 0 Å². The van der Waals surface area contributed by atoms with Crippen molar-refractivity contribution in [3.05, 3.63) is 0 Å². The molecule has 9 heteroatoms. The van der Waals surface area contributed by atoms with E-state index < -0.39 is 36.2 Å². The maximum Gasteiger partial charge on any atom is 0.323 e. The zero-order valence-electron chi connectivity index (χ0n) is 12.7. The Morgan fingerprint density at radius 2 is 1.22 bits per heavy atom. The monoisotopic (exact) mass is 329 g/mol. The highest BCUT2D eigenvalue weighted by molar-refractivity contribution is 5.75. The molecule has 3 heterocycles. The SMILES string of the molecule is O=C(O)C1C(O)CCN1[C@@H]1CNC[C@H]1N1CCC(O)[C@H]1C(=O)O. The third-order valence-electron chi connectivity index (χ3n) is 5.32. The van der Waals surface area contributed by atoms with Crippen LogP contribution >= 0.6 is 0 Å². The molecule has 0 amide bonds. The fraction of sp³-hybridized carbons (Fsp3) is 0.857. The first-order valence-corrected chi connectivity index (χ1v) is 7.95. The van der Waals surface area contributed by atoms with Gasteiger partial charge in [0.05, 0.1) is 12.2 Å². The van der Waals surface area contributed by atoms with Crippen molar-refractivity contribution in [3.8, 4) is 0 Å². The van der Waals surface area contributed by atoms with E-state index in [0.717, 1.165) is 0 Å². The predicted molar refractivity (Wildman–Crippen MR) is 78.0 cm³/mol. The van der Waals surface area contributed by atoms with Crippen LogP contribution in [0.3, 0.4) is 0 Å². The number of aliphatic carboxylic acids is 2. The van der Waals surface area contributed by atoms with Crippen molar-refractivity contribution in [1.29, 1.82) is 0 Å². The van der Waals surface area contributed by atoms with Crippen molar-refractivity contribution < 1.29 is 30.0 Å². The standard InChI is InChI=1S/C14H23N3O6/c18-9-1-3-16(11(9)13(20)21)7-5-15-6-8(7)17-4-2-10(19)12(17)14(22)23/h7-12,15,18-19H,1-6H2,(H,20,21)(H,22,23)/t7-,8-,9?,10?,11+,12?/m1/s1. The van der Waals surface area contributed by atoms with Crippen molar-refractivity contribution in [2.75, 3.05) is 26.2 Å². The Bertz CT molecular complexity index is 447. The highest BCUT2D eigenvalue weighted by Gasteiger charge is 2.50. The molecule has 3 aliphatic rings. The van der Waals surface area contributed by atoms with Gasteiger partial charge in [0, 0.05) is 38.3 Å². The minimum atomic E-state index is -1.06. The first kappa shape index (κ1) is 16.6. The van der Waals surface area contributed by atoms with Crippen molar-refractivity contribution in [2.24, 2.45) is 0 Å². The van der Waals surface area contributed by atoms with Gasteiger partial charge >= 0.3 is 11.9 Å².